The van der Waals surface area contributed by atoms with Crippen LogP contribution in [0.4, 0.5) is 17.1 Å². The van der Waals surface area contributed by atoms with E-state index >= 15 is 0 Å². The lowest BCUT2D eigenvalue weighted by molar-refractivity contribution is -0.127. The van der Waals surface area contributed by atoms with E-state index in [9.17, 15) is 14.4 Å². The van der Waals surface area contributed by atoms with Crippen molar-refractivity contribution in [1.29, 1.82) is 0 Å². The molecule has 10 heteroatoms. The number of benzene rings is 4. The van der Waals surface area contributed by atoms with Gasteiger partial charge in [-0.15, -0.1) is 0 Å². The lowest BCUT2D eigenvalue weighted by atomic mass is 10.0. The maximum absolute atomic E-state index is 12.8. The van der Waals surface area contributed by atoms with E-state index in [1.54, 1.807) is 24.8 Å². The zero-order chi connectivity index (χ0) is 43.1. The molecular weight excluding hydrogens is 753 g/mol. The van der Waals surface area contributed by atoms with Crippen LogP contribution in [-0.4, -0.2) is 42.2 Å². The van der Waals surface area contributed by atoms with E-state index in [2.05, 4.69) is 71.0 Å². The van der Waals surface area contributed by atoms with Crippen molar-refractivity contribution in [3.63, 3.8) is 0 Å². The second-order valence-corrected chi connectivity index (χ2v) is 15.6. The first kappa shape index (κ1) is 43.3. The van der Waals surface area contributed by atoms with Gasteiger partial charge in [0.1, 0.15) is 23.4 Å². The second-order valence-electron chi connectivity index (χ2n) is 15.6. The molecule has 0 bridgehead atoms. The number of nitrogens with zero attached hydrogens (tertiary/aromatic N) is 4. The van der Waals surface area contributed by atoms with Crippen LogP contribution in [0.3, 0.4) is 0 Å². The van der Waals surface area contributed by atoms with Crippen LogP contribution in [0.5, 0.6) is 17.2 Å². The number of hydrogen-bond donors (Lipinski definition) is 0. The molecule has 0 aliphatic carbocycles. The maximum atomic E-state index is 12.8. The molecule has 60 heavy (non-hydrogen) atoms. The largest absolute Gasteiger partial charge is 0.487 e. The summed E-state index contributed by atoms with van der Waals surface area (Å²) in [6, 6.07) is 28.0. The Morgan fingerprint density at radius 3 is 2.23 bits per heavy atom. The number of allylic oxidation sites excluding steroid dienone is 3. The summed E-state index contributed by atoms with van der Waals surface area (Å²) < 4.78 is 18.5. The third-order valence-corrected chi connectivity index (χ3v) is 10.8. The molecule has 10 nitrogen and oxygen atoms in total. The summed E-state index contributed by atoms with van der Waals surface area (Å²) in [5, 5.41) is 0. The molecule has 1 saturated heterocycles. The smallest absolute Gasteiger partial charge is 0.236 e. The van der Waals surface area contributed by atoms with E-state index in [4.69, 9.17) is 14.2 Å². The highest BCUT2D eigenvalue weighted by Gasteiger charge is 2.33. The van der Waals surface area contributed by atoms with E-state index < -0.39 is 0 Å². The molecule has 4 aromatic carbocycles. The highest BCUT2D eigenvalue weighted by Crippen LogP contribution is 2.37. The Kier molecular flexibility index (Phi) is 13.8. The number of carbonyl (C=O) groups excluding carboxylic acids is 3. The molecule has 2 unspecified atom stereocenters. The number of amides is 3. The quantitative estimate of drug-likeness (QED) is 0.138. The zero-order valence-corrected chi connectivity index (χ0v) is 36.2. The van der Waals surface area contributed by atoms with Gasteiger partial charge in [0, 0.05) is 72.2 Å². The number of fused-ring (bicyclic) bond motifs is 2. The monoisotopic (exact) mass is 810 g/mol. The number of rotatable bonds is 11. The van der Waals surface area contributed by atoms with Gasteiger partial charge in [0.05, 0.1) is 5.69 Å². The van der Waals surface area contributed by atoms with Gasteiger partial charge in [0.15, 0.2) is 13.5 Å². The van der Waals surface area contributed by atoms with Gasteiger partial charge in [-0.1, -0.05) is 71.5 Å². The summed E-state index contributed by atoms with van der Waals surface area (Å²) in [7, 11) is 0. The molecule has 0 spiro atoms. The summed E-state index contributed by atoms with van der Waals surface area (Å²) in [6.07, 6.45) is 7.23. The van der Waals surface area contributed by atoms with Crippen LogP contribution >= 0.6 is 0 Å². The Morgan fingerprint density at radius 2 is 1.57 bits per heavy atom. The van der Waals surface area contributed by atoms with E-state index in [0.717, 1.165) is 63.1 Å². The van der Waals surface area contributed by atoms with Crippen LogP contribution in [0.25, 0.3) is 0 Å². The highest BCUT2D eigenvalue weighted by molar-refractivity contribution is 6.14. The van der Waals surface area contributed by atoms with Crippen molar-refractivity contribution in [2.75, 3.05) is 28.2 Å². The third kappa shape index (κ3) is 9.76. The van der Waals surface area contributed by atoms with Crippen molar-refractivity contribution in [1.82, 2.24) is 4.90 Å². The molecule has 3 amide bonds. The molecular formula is C50H58N4O6. The Labute approximate surface area is 355 Å². The van der Waals surface area contributed by atoms with Crippen LogP contribution in [-0.2, 0) is 33.9 Å². The SMILES string of the molecule is C=C1C(C)CC(=O)N1c1ccc2c(c1)CN(C(/C=C\C(C)Oc1cccc(Cc3ccc(N4COc5ccc(N(C(C)=O)C(=O)C(C)C)cc5C4)cc3)c1)=C/C)CO2.CC. The van der Waals surface area contributed by atoms with Crippen molar-refractivity contribution in [2.24, 2.45) is 11.8 Å². The molecule has 0 radical (unpaired) electrons. The molecule has 2 atom stereocenters. The number of ether oxygens (including phenoxy) is 3. The van der Waals surface area contributed by atoms with Crippen molar-refractivity contribution >= 4 is 34.8 Å². The van der Waals surface area contributed by atoms with Crippen molar-refractivity contribution in [3.05, 3.63) is 143 Å². The second kappa shape index (κ2) is 19.2. The Balaban J connectivity index is 0.00000297. The van der Waals surface area contributed by atoms with Crippen LogP contribution in [0.1, 0.15) is 84.1 Å². The fourth-order valence-corrected chi connectivity index (χ4v) is 7.61. The predicted octanol–water partition coefficient (Wildman–Crippen LogP) is 10.2. The maximum Gasteiger partial charge on any atom is 0.236 e. The Morgan fingerprint density at radius 1 is 0.883 bits per heavy atom. The summed E-state index contributed by atoms with van der Waals surface area (Å²) >= 11 is 0. The number of hydrogen-bond acceptors (Lipinski definition) is 8. The van der Waals surface area contributed by atoms with Gasteiger partial charge in [-0.25, -0.2) is 0 Å². The van der Waals surface area contributed by atoms with Crippen molar-refractivity contribution < 1.29 is 28.6 Å². The van der Waals surface area contributed by atoms with Gasteiger partial charge >= 0.3 is 0 Å². The van der Waals surface area contributed by atoms with Crippen molar-refractivity contribution in [2.45, 2.75) is 87.4 Å². The van der Waals surface area contributed by atoms with E-state index in [1.165, 1.54) is 17.4 Å². The summed E-state index contributed by atoms with van der Waals surface area (Å²) in [6.45, 7) is 21.3. The first-order valence-corrected chi connectivity index (χ1v) is 20.9. The predicted molar refractivity (Wildman–Crippen MR) is 239 cm³/mol. The normalized spacial score (nSPS) is 16.7. The number of carbonyl (C=O) groups is 3. The van der Waals surface area contributed by atoms with Crippen molar-refractivity contribution in [3.8, 4) is 17.2 Å². The molecule has 3 aliphatic rings. The van der Waals surface area contributed by atoms with Crippen LogP contribution in [0.15, 0.2) is 121 Å². The lowest BCUT2D eigenvalue weighted by Gasteiger charge is -2.32. The van der Waals surface area contributed by atoms with Crippen LogP contribution in [0.2, 0.25) is 0 Å². The summed E-state index contributed by atoms with van der Waals surface area (Å²) in [5.74, 6) is 1.75. The Bertz CT molecular complexity index is 2280. The summed E-state index contributed by atoms with van der Waals surface area (Å²) in [4.78, 5) is 45.2. The fraction of sp³-hybridized carbons (Fsp3) is 0.340. The number of imide groups is 1. The van der Waals surface area contributed by atoms with Gasteiger partial charge < -0.3 is 24.0 Å². The van der Waals surface area contributed by atoms with E-state index in [1.807, 2.05) is 77.1 Å². The molecule has 7 rings (SSSR count). The third-order valence-electron chi connectivity index (χ3n) is 10.8. The Hall–Kier alpha value is -6.29. The van der Waals surface area contributed by atoms with E-state index in [-0.39, 0.29) is 35.7 Å². The van der Waals surface area contributed by atoms with E-state index in [0.29, 0.717) is 38.7 Å². The first-order valence-electron chi connectivity index (χ1n) is 20.9. The topological polar surface area (TPSA) is 91.9 Å². The molecule has 3 heterocycles. The molecule has 314 valence electrons. The van der Waals surface area contributed by atoms with Crippen LogP contribution < -0.4 is 28.9 Å². The fourth-order valence-electron chi connectivity index (χ4n) is 7.61. The molecule has 1 fully saturated rings. The van der Waals surface area contributed by atoms with Gasteiger partial charge in [0.2, 0.25) is 17.7 Å². The molecule has 4 aromatic rings. The van der Waals surface area contributed by atoms with Gasteiger partial charge in [-0.05, 0) is 104 Å². The average Bonchev–Trinajstić information content (AvgIpc) is 3.50. The number of anilines is 3. The molecule has 0 saturated carbocycles. The van der Waals surface area contributed by atoms with Crippen LogP contribution in [0, 0.1) is 11.8 Å². The standard InChI is InChI=1S/C48H52N4O6.C2H6/c1-8-40(49-27-38-25-42(18-20-45(38)56-29-49)51-34(6)32(4)22-47(51)54)15-12-33(5)58-44-11-9-10-37(24-44)23-36-13-16-41(17-14-36)50-28-39-26-43(19-21-46(39)57-30-50)52(35(7)53)48(55)31(2)3;1-2/h8-21,24-26,31-33H,6,22-23,27-30H2,1-5,7H3;1-2H3/b15-12-,40-8+;. The van der Waals surface area contributed by atoms with Gasteiger partial charge in [-0.3, -0.25) is 24.2 Å². The first-order chi connectivity index (χ1) is 28.9. The highest BCUT2D eigenvalue weighted by atomic mass is 16.5. The minimum Gasteiger partial charge on any atom is -0.487 e. The zero-order valence-electron chi connectivity index (χ0n) is 36.2. The minimum atomic E-state index is -0.309. The minimum absolute atomic E-state index is 0.0759. The summed E-state index contributed by atoms with van der Waals surface area (Å²) in [5.41, 5.74) is 8.50. The molecule has 0 aromatic heterocycles. The average molecular weight is 811 g/mol. The molecule has 3 aliphatic heterocycles. The lowest BCUT2D eigenvalue weighted by Crippen LogP contribution is -2.38. The van der Waals surface area contributed by atoms with Gasteiger partial charge in [-0.2, -0.15) is 0 Å². The van der Waals surface area contributed by atoms with Gasteiger partial charge in [0.25, 0.3) is 0 Å². The molecule has 0 N–H and O–H groups in total.